The van der Waals surface area contributed by atoms with Crippen LogP contribution in [0.5, 0.6) is 0 Å². The summed E-state index contributed by atoms with van der Waals surface area (Å²) in [6.45, 7) is 2.91. The molecule has 1 aromatic rings. The van der Waals surface area contributed by atoms with Crippen LogP contribution in [0.2, 0.25) is 5.15 Å². The molecule has 92 valence electrons. The second kappa shape index (κ2) is 4.71. The molecule has 0 unspecified atom stereocenters. The lowest BCUT2D eigenvalue weighted by molar-refractivity contribution is -0.147. The number of amides is 1. The maximum atomic E-state index is 12.0. The smallest absolute Gasteiger partial charge is 0.329 e. The van der Waals surface area contributed by atoms with E-state index in [1.807, 2.05) is 0 Å². The minimum atomic E-state index is -1.28. The van der Waals surface area contributed by atoms with Gasteiger partial charge < -0.3 is 10.0 Å². The van der Waals surface area contributed by atoms with Crippen molar-refractivity contribution in [2.45, 2.75) is 19.4 Å². The van der Waals surface area contributed by atoms with Crippen molar-refractivity contribution in [2.75, 3.05) is 7.05 Å². The summed E-state index contributed by atoms with van der Waals surface area (Å²) in [5.41, 5.74) is -0.978. The molecule has 0 saturated heterocycles. The Kier molecular flexibility index (Phi) is 3.72. The highest BCUT2D eigenvalue weighted by Crippen LogP contribution is 2.17. The number of rotatable bonds is 3. The average molecular weight is 257 g/mol. The van der Waals surface area contributed by atoms with Crippen LogP contribution >= 0.6 is 11.6 Å². The quantitative estimate of drug-likeness (QED) is 0.835. The molecule has 0 saturated carbocycles. The molecule has 0 aliphatic heterocycles. The number of pyridine rings is 1. The number of carboxylic acid groups (broad SMARTS) is 1. The Balaban J connectivity index is 3.02. The van der Waals surface area contributed by atoms with E-state index in [0.717, 1.165) is 4.90 Å². The molecule has 0 spiro atoms. The Morgan fingerprint density at radius 3 is 2.53 bits per heavy atom. The number of carboxylic acids is 1. The van der Waals surface area contributed by atoms with Crippen LogP contribution in [0.15, 0.2) is 18.3 Å². The van der Waals surface area contributed by atoms with Crippen molar-refractivity contribution in [1.82, 2.24) is 9.88 Å². The average Bonchev–Trinajstić information content (AvgIpc) is 2.26. The van der Waals surface area contributed by atoms with Crippen LogP contribution in [0.4, 0.5) is 0 Å². The number of carbonyl (C=O) groups is 2. The molecule has 0 aliphatic carbocycles. The molecular formula is C11H13ClN2O3. The van der Waals surface area contributed by atoms with E-state index in [1.54, 1.807) is 0 Å². The van der Waals surface area contributed by atoms with Gasteiger partial charge in [-0.2, -0.15) is 0 Å². The lowest BCUT2D eigenvalue weighted by Crippen LogP contribution is -2.50. The highest BCUT2D eigenvalue weighted by Gasteiger charge is 2.35. The van der Waals surface area contributed by atoms with Gasteiger partial charge in [-0.15, -0.1) is 0 Å². The molecule has 1 amide bonds. The van der Waals surface area contributed by atoms with E-state index in [-0.39, 0.29) is 5.15 Å². The van der Waals surface area contributed by atoms with E-state index >= 15 is 0 Å². The van der Waals surface area contributed by atoms with Gasteiger partial charge in [0.15, 0.2) is 0 Å². The number of aliphatic carboxylic acids is 1. The Morgan fingerprint density at radius 1 is 1.47 bits per heavy atom. The lowest BCUT2D eigenvalue weighted by Gasteiger charge is -2.31. The zero-order chi connectivity index (χ0) is 13.2. The molecular weight excluding hydrogens is 244 g/mol. The Bertz CT molecular complexity index is 460. The second-order valence-corrected chi connectivity index (χ2v) is 4.48. The number of likely N-dealkylation sites (N-methyl/N-ethyl adjacent to an activating group) is 1. The summed E-state index contributed by atoms with van der Waals surface area (Å²) >= 11 is 5.67. The van der Waals surface area contributed by atoms with Crippen molar-refractivity contribution >= 4 is 23.5 Å². The van der Waals surface area contributed by atoms with Crippen molar-refractivity contribution in [3.63, 3.8) is 0 Å². The zero-order valence-corrected chi connectivity index (χ0v) is 10.5. The van der Waals surface area contributed by atoms with Crippen LogP contribution in [0.3, 0.4) is 0 Å². The highest BCUT2D eigenvalue weighted by molar-refractivity contribution is 6.29. The normalized spacial score (nSPS) is 11.1. The minimum absolute atomic E-state index is 0.192. The van der Waals surface area contributed by atoms with Crippen LogP contribution in [0.25, 0.3) is 0 Å². The predicted octanol–water partition coefficient (Wildman–Crippen LogP) is 1.67. The number of hydrogen-bond acceptors (Lipinski definition) is 3. The molecule has 0 radical (unpaired) electrons. The van der Waals surface area contributed by atoms with Gasteiger partial charge in [0.2, 0.25) is 0 Å². The number of nitrogens with zero attached hydrogens (tertiary/aromatic N) is 2. The standard InChI is InChI=1S/C11H13ClN2O3/c1-11(2,10(16)17)14(3)9(15)7-4-5-13-8(12)6-7/h4-6H,1-3H3,(H,16,17). The van der Waals surface area contributed by atoms with Gasteiger partial charge in [0.05, 0.1) is 0 Å². The summed E-state index contributed by atoms with van der Waals surface area (Å²) in [5.74, 6) is -1.49. The Morgan fingerprint density at radius 2 is 2.06 bits per heavy atom. The van der Waals surface area contributed by atoms with Gasteiger partial charge >= 0.3 is 5.97 Å². The zero-order valence-electron chi connectivity index (χ0n) is 9.77. The first-order valence-corrected chi connectivity index (χ1v) is 5.27. The van der Waals surface area contributed by atoms with Crippen molar-refractivity contribution in [1.29, 1.82) is 0 Å². The fraction of sp³-hybridized carbons (Fsp3) is 0.364. The van der Waals surface area contributed by atoms with E-state index in [0.29, 0.717) is 5.56 Å². The topological polar surface area (TPSA) is 70.5 Å². The first-order valence-electron chi connectivity index (χ1n) is 4.90. The Hall–Kier alpha value is -1.62. The molecule has 1 heterocycles. The lowest BCUT2D eigenvalue weighted by atomic mass is 10.0. The molecule has 0 aromatic carbocycles. The third kappa shape index (κ3) is 2.74. The van der Waals surface area contributed by atoms with Crippen molar-refractivity contribution in [2.24, 2.45) is 0 Å². The number of hydrogen-bond donors (Lipinski definition) is 1. The fourth-order valence-corrected chi connectivity index (χ4v) is 1.30. The molecule has 0 fully saturated rings. The molecule has 5 nitrogen and oxygen atoms in total. The van der Waals surface area contributed by atoms with E-state index < -0.39 is 17.4 Å². The molecule has 17 heavy (non-hydrogen) atoms. The Labute approximate surface area is 104 Å². The summed E-state index contributed by atoms with van der Waals surface area (Å²) in [6, 6.07) is 2.89. The van der Waals surface area contributed by atoms with Crippen LogP contribution in [0, 0.1) is 0 Å². The van der Waals surface area contributed by atoms with Crippen LogP contribution in [-0.4, -0.2) is 39.5 Å². The molecule has 1 rings (SSSR count). The fourth-order valence-electron chi connectivity index (χ4n) is 1.13. The van der Waals surface area contributed by atoms with Crippen molar-refractivity contribution in [3.8, 4) is 0 Å². The SMILES string of the molecule is CN(C(=O)c1ccnc(Cl)c1)C(C)(C)C(=O)O. The number of carbonyl (C=O) groups excluding carboxylic acids is 1. The minimum Gasteiger partial charge on any atom is -0.480 e. The summed E-state index contributed by atoms with van der Waals surface area (Å²) in [4.78, 5) is 28.0. The van der Waals surface area contributed by atoms with Gasteiger partial charge in [0.25, 0.3) is 5.91 Å². The molecule has 6 heteroatoms. The monoisotopic (exact) mass is 256 g/mol. The van der Waals surface area contributed by atoms with Crippen molar-refractivity contribution in [3.05, 3.63) is 29.0 Å². The first kappa shape index (κ1) is 13.4. The highest BCUT2D eigenvalue weighted by atomic mass is 35.5. The van der Waals surface area contributed by atoms with Gasteiger partial charge in [-0.1, -0.05) is 11.6 Å². The summed E-state index contributed by atoms with van der Waals surface area (Å²) in [7, 11) is 1.44. The summed E-state index contributed by atoms with van der Waals surface area (Å²) in [6.07, 6.45) is 1.40. The van der Waals surface area contributed by atoms with E-state index in [1.165, 1.54) is 39.2 Å². The van der Waals surface area contributed by atoms with Gasteiger partial charge in [-0.05, 0) is 26.0 Å². The number of aromatic nitrogens is 1. The van der Waals surface area contributed by atoms with E-state index in [2.05, 4.69) is 4.98 Å². The van der Waals surface area contributed by atoms with Crippen LogP contribution < -0.4 is 0 Å². The molecule has 0 bridgehead atoms. The molecule has 1 aromatic heterocycles. The van der Waals surface area contributed by atoms with Crippen molar-refractivity contribution < 1.29 is 14.7 Å². The maximum Gasteiger partial charge on any atom is 0.329 e. The summed E-state index contributed by atoms with van der Waals surface area (Å²) in [5, 5.41) is 9.22. The molecule has 1 N–H and O–H groups in total. The van der Waals surface area contributed by atoms with E-state index in [4.69, 9.17) is 16.7 Å². The largest absolute Gasteiger partial charge is 0.480 e. The summed E-state index contributed by atoms with van der Waals surface area (Å²) < 4.78 is 0. The van der Waals surface area contributed by atoms with E-state index in [9.17, 15) is 9.59 Å². The third-order valence-electron chi connectivity index (χ3n) is 2.64. The molecule has 0 atom stereocenters. The van der Waals surface area contributed by atoms with Crippen LogP contribution in [0.1, 0.15) is 24.2 Å². The number of halogens is 1. The maximum absolute atomic E-state index is 12.0. The van der Waals surface area contributed by atoms with Gasteiger partial charge in [-0.3, -0.25) is 4.79 Å². The van der Waals surface area contributed by atoms with Gasteiger partial charge in [-0.25, -0.2) is 9.78 Å². The third-order valence-corrected chi connectivity index (χ3v) is 2.85. The first-order chi connectivity index (χ1) is 7.76. The second-order valence-electron chi connectivity index (χ2n) is 4.10. The van der Waals surface area contributed by atoms with Crippen LogP contribution in [-0.2, 0) is 4.79 Å². The van der Waals surface area contributed by atoms with Gasteiger partial charge in [0.1, 0.15) is 10.7 Å². The predicted molar refractivity (Wildman–Crippen MR) is 63.1 cm³/mol. The van der Waals surface area contributed by atoms with Gasteiger partial charge in [0, 0.05) is 18.8 Å². The molecule has 0 aliphatic rings.